The minimum atomic E-state index is -0.0624. The molecule has 24 heavy (non-hydrogen) atoms. The van der Waals surface area contributed by atoms with E-state index in [0.29, 0.717) is 19.5 Å². The molecule has 3 rings (SSSR count). The number of nitrogens with one attached hydrogen (secondary N) is 2. The summed E-state index contributed by atoms with van der Waals surface area (Å²) < 4.78 is 0. The van der Waals surface area contributed by atoms with Crippen molar-refractivity contribution in [3.05, 3.63) is 22.4 Å². The summed E-state index contributed by atoms with van der Waals surface area (Å²) in [4.78, 5) is 30.0. The summed E-state index contributed by atoms with van der Waals surface area (Å²) in [5.41, 5.74) is 0. The number of likely N-dealkylation sites (tertiary alicyclic amines) is 1. The van der Waals surface area contributed by atoms with Gasteiger partial charge in [0.05, 0.1) is 6.54 Å². The van der Waals surface area contributed by atoms with Crippen LogP contribution in [0.1, 0.15) is 24.1 Å². The Balaban J connectivity index is 1.51. The van der Waals surface area contributed by atoms with Gasteiger partial charge in [0.2, 0.25) is 11.8 Å². The van der Waals surface area contributed by atoms with Gasteiger partial charge in [-0.05, 0) is 38.4 Å². The zero-order valence-electron chi connectivity index (χ0n) is 14.3. The van der Waals surface area contributed by atoms with E-state index in [4.69, 9.17) is 0 Å². The summed E-state index contributed by atoms with van der Waals surface area (Å²) in [7, 11) is 4.10. The summed E-state index contributed by atoms with van der Waals surface area (Å²) >= 11 is 1.65. The molecule has 2 N–H and O–H groups in total. The van der Waals surface area contributed by atoms with Gasteiger partial charge in [-0.2, -0.15) is 0 Å². The highest BCUT2D eigenvalue weighted by molar-refractivity contribution is 7.09. The van der Waals surface area contributed by atoms with E-state index in [1.165, 1.54) is 4.88 Å². The van der Waals surface area contributed by atoms with Gasteiger partial charge in [-0.15, -0.1) is 11.3 Å². The van der Waals surface area contributed by atoms with Gasteiger partial charge in [-0.1, -0.05) is 6.07 Å². The van der Waals surface area contributed by atoms with Crippen molar-refractivity contribution < 1.29 is 9.59 Å². The lowest BCUT2D eigenvalue weighted by molar-refractivity contribution is -0.125. The van der Waals surface area contributed by atoms with Crippen molar-refractivity contribution in [2.24, 2.45) is 0 Å². The van der Waals surface area contributed by atoms with E-state index >= 15 is 0 Å². The summed E-state index contributed by atoms with van der Waals surface area (Å²) in [5.74, 6) is 0.198. The van der Waals surface area contributed by atoms with Crippen LogP contribution in [0, 0.1) is 0 Å². The van der Waals surface area contributed by atoms with E-state index in [1.54, 1.807) is 11.3 Å². The van der Waals surface area contributed by atoms with Gasteiger partial charge in [0.25, 0.3) is 0 Å². The van der Waals surface area contributed by atoms with Crippen molar-refractivity contribution in [2.75, 3.05) is 27.2 Å². The molecule has 2 fully saturated rings. The summed E-state index contributed by atoms with van der Waals surface area (Å²) in [6.45, 7) is 2.17. The Kier molecular flexibility index (Phi) is 5.53. The van der Waals surface area contributed by atoms with Gasteiger partial charge in [-0.3, -0.25) is 19.4 Å². The van der Waals surface area contributed by atoms with Gasteiger partial charge in [0, 0.05) is 36.5 Å². The molecule has 0 radical (unpaired) electrons. The number of hydrogen-bond acceptors (Lipinski definition) is 5. The van der Waals surface area contributed by atoms with E-state index in [2.05, 4.69) is 27.5 Å². The number of fused-ring (bicyclic) bond motifs is 1. The van der Waals surface area contributed by atoms with Crippen molar-refractivity contribution in [3.8, 4) is 0 Å². The largest absolute Gasteiger partial charge is 0.353 e. The maximum atomic E-state index is 12.3. The molecular formula is C17H26N4O2S. The number of thiophene rings is 1. The molecule has 3 atom stereocenters. The molecule has 0 saturated carbocycles. The highest BCUT2D eigenvalue weighted by Crippen LogP contribution is 2.25. The van der Waals surface area contributed by atoms with Crippen molar-refractivity contribution >= 4 is 23.2 Å². The normalized spacial score (nSPS) is 28.2. The van der Waals surface area contributed by atoms with Crippen LogP contribution < -0.4 is 10.6 Å². The van der Waals surface area contributed by atoms with E-state index in [-0.39, 0.29) is 29.9 Å². The van der Waals surface area contributed by atoms with Crippen LogP contribution in [0.5, 0.6) is 0 Å². The van der Waals surface area contributed by atoms with Crippen LogP contribution >= 0.6 is 11.3 Å². The van der Waals surface area contributed by atoms with Gasteiger partial charge >= 0.3 is 0 Å². The standard InChI is InChI=1S/C17H26N4O2S/c1-20-8-7-14-16(20)17(23)19-10-12(21(14)2)5-6-15(22)18-11-13-4-3-9-24-13/h3-4,9,12,14,16H,5-8,10-11H2,1-2H3,(H,18,22)(H,19,23). The Bertz CT molecular complexity index is 577. The molecular weight excluding hydrogens is 324 g/mol. The molecule has 1 aromatic heterocycles. The molecule has 1 aromatic rings. The number of rotatable bonds is 5. The van der Waals surface area contributed by atoms with E-state index in [9.17, 15) is 9.59 Å². The molecule has 0 bridgehead atoms. The number of hydrogen-bond donors (Lipinski definition) is 2. The molecule has 6 nitrogen and oxygen atoms in total. The van der Waals surface area contributed by atoms with Gasteiger partial charge in [-0.25, -0.2) is 0 Å². The third-order valence-corrected chi connectivity index (χ3v) is 6.12. The fourth-order valence-corrected chi connectivity index (χ4v) is 4.40. The third kappa shape index (κ3) is 3.79. The minimum Gasteiger partial charge on any atom is -0.353 e. The first-order chi connectivity index (χ1) is 11.6. The monoisotopic (exact) mass is 350 g/mol. The topological polar surface area (TPSA) is 64.7 Å². The maximum absolute atomic E-state index is 12.3. The lowest BCUT2D eigenvalue weighted by Gasteiger charge is -2.32. The first-order valence-electron chi connectivity index (χ1n) is 8.55. The van der Waals surface area contributed by atoms with Crippen LogP contribution in [0.3, 0.4) is 0 Å². The molecule has 0 aliphatic carbocycles. The number of carbonyl (C=O) groups excluding carboxylic acids is 2. The molecule has 0 spiro atoms. The van der Waals surface area contributed by atoms with E-state index < -0.39 is 0 Å². The smallest absolute Gasteiger partial charge is 0.239 e. The Labute approximate surface area is 147 Å². The van der Waals surface area contributed by atoms with Crippen LogP contribution in [0.4, 0.5) is 0 Å². The molecule has 132 valence electrons. The predicted octanol–water partition coefficient (Wildman–Crippen LogP) is 0.647. The quantitative estimate of drug-likeness (QED) is 0.818. The fourth-order valence-electron chi connectivity index (χ4n) is 3.76. The summed E-state index contributed by atoms with van der Waals surface area (Å²) in [5, 5.41) is 8.04. The second-order valence-electron chi connectivity index (χ2n) is 6.74. The average Bonchev–Trinajstić information content (AvgIpc) is 3.19. The molecule has 3 unspecified atom stereocenters. The molecule has 2 aliphatic heterocycles. The molecule has 2 amide bonds. The molecule has 2 aliphatic rings. The molecule has 2 saturated heterocycles. The summed E-state index contributed by atoms with van der Waals surface area (Å²) in [6.07, 6.45) is 2.26. The highest BCUT2D eigenvalue weighted by Gasteiger charge is 2.43. The zero-order valence-corrected chi connectivity index (χ0v) is 15.1. The SMILES string of the molecule is CN1CCC2C1C(=O)NCC(CCC(=O)NCc1cccs1)N2C. The second kappa shape index (κ2) is 7.63. The fraction of sp³-hybridized carbons (Fsp3) is 0.647. The molecule has 7 heteroatoms. The predicted molar refractivity (Wildman–Crippen MR) is 94.8 cm³/mol. The number of nitrogens with zero attached hydrogens (tertiary/aromatic N) is 2. The first kappa shape index (κ1) is 17.4. The second-order valence-corrected chi connectivity index (χ2v) is 7.77. The first-order valence-corrected chi connectivity index (χ1v) is 9.43. The Morgan fingerprint density at radius 1 is 1.46 bits per heavy atom. The summed E-state index contributed by atoms with van der Waals surface area (Å²) in [6, 6.07) is 4.41. The van der Waals surface area contributed by atoms with Crippen LogP contribution in [0.15, 0.2) is 17.5 Å². The van der Waals surface area contributed by atoms with Gasteiger partial charge in [0.1, 0.15) is 6.04 Å². The van der Waals surface area contributed by atoms with Crippen LogP contribution in [-0.2, 0) is 16.1 Å². The Hall–Kier alpha value is -1.44. The third-order valence-electron chi connectivity index (χ3n) is 5.24. The molecule has 0 aromatic carbocycles. The lowest BCUT2D eigenvalue weighted by Crippen LogP contribution is -2.48. The number of carbonyl (C=O) groups is 2. The lowest BCUT2D eigenvalue weighted by atomic mass is 10.0. The maximum Gasteiger partial charge on any atom is 0.239 e. The molecule has 3 heterocycles. The van der Waals surface area contributed by atoms with Gasteiger partial charge < -0.3 is 10.6 Å². The van der Waals surface area contributed by atoms with E-state index in [1.807, 2.05) is 24.6 Å². The van der Waals surface area contributed by atoms with Crippen molar-refractivity contribution in [1.82, 2.24) is 20.4 Å². The Morgan fingerprint density at radius 3 is 3.04 bits per heavy atom. The van der Waals surface area contributed by atoms with Crippen molar-refractivity contribution in [2.45, 2.75) is 43.9 Å². The van der Waals surface area contributed by atoms with Crippen molar-refractivity contribution in [1.29, 1.82) is 0 Å². The van der Waals surface area contributed by atoms with Crippen LogP contribution in [-0.4, -0.2) is 66.9 Å². The zero-order chi connectivity index (χ0) is 17.1. The van der Waals surface area contributed by atoms with Gasteiger partial charge in [0.15, 0.2) is 0 Å². The number of likely N-dealkylation sites (N-methyl/N-ethyl adjacent to an activating group) is 2. The van der Waals surface area contributed by atoms with Crippen LogP contribution in [0.25, 0.3) is 0 Å². The minimum absolute atomic E-state index is 0.0624. The Morgan fingerprint density at radius 2 is 2.29 bits per heavy atom. The van der Waals surface area contributed by atoms with Crippen molar-refractivity contribution in [3.63, 3.8) is 0 Å². The number of amides is 2. The van der Waals surface area contributed by atoms with Crippen LogP contribution in [0.2, 0.25) is 0 Å². The highest BCUT2D eigenvalue weighted by atomic mass is 32.1. The van der Waals surface area contributed by atoms with E-state index in [0.717, 1.165) is 19.4 Å². The average molecular weight is 350 g/mol.